The Labute approximate surface area is 202 Å². The Hall–Kier alpha value is -2.61. The van der Waals surface area contributed by atoms with E-state index in [-0.39, 0.29) is 5.56 Å². The zero-order valence-corrected chi connectivity index (χ0v) is 20.5. The molecule has 0 N–H and O–H groups in total. The monoisotopic (exact) mass is 477 g/mol. The molecule has 2 aromatic heterocycles. The van der Waals surface area contributed by atoms with Crippen LogP contribution < -0.4 is 10.3 Å². The molecule has 170 valence electrons. The topological polar surface area (TPSA) is 47.4 Å². The first-order valence-corrected chi connectivity index (χ1v) is 13.1. The largest absolute Gasteiger partial charge is 0.494 e. The Balaban J connectivity index is 1.57. The highest BCUT2D eigenvalue weighted by Crippen LogP contribution is 2.34. The van der Waals surface area contributed by atoms with E-state index < -0.39 is 0 Å². The molecule has 2 aromatic carbocycles. The number of aryl methyl sites for hydroxylation is 1. The third-order valence-electron chi connectivity index (χ3n) is 5.91. The molecule has 0 saturated carbocycles. The fraction of sp³-hybridized carbons (Fsp3) is 0.308. The van der Waals surface area contributed by atoms with Gasteiger partial charge in [-0.2, -0.15) is 0 Å². The number of ether oxygens (including phenoxy) is 1. The van der Waals surface area contributed by atoms with Gasteiger partial charge in [0.05, 0.1) is 17.7 Å². The van der Waals surface area contributed by atoms with Crippen LogP contribution in [0.25, 0.3) is 15.9 Å². The highest BCUT2D eigenvalue weighted by molar-refractivity contribution is 7.99. The predicted molar refractivity (Wildman–Crippen MR) is 137 cm³/mol. The minimum atomic E-state index is 0.0356. The fourth-order valence-corrected chi connectivity index (χ4v) is 6.58. The minimum absolute atomic E-state index is 0.0356. The molecular formula is C26H27N3O2S2. The van der Waals surface area contributed by atoms with Crippen LogP contribution >= 0.6 is 23.1 Å². The van der Waals surface area contributed by atoms with Crippen molar-refractivity contribution < 1.29 is 4.74 Å². The molecule has 0 bridgehead atoms. The maximum atomic E-state index is 13.9. The van der Waals surface area contributed by atoms with Crippen molar-refractivity contribution in [3.63, 3.8) is 0 Å². The lowest BCUT2D eigenvalue weighted by molar-refractivity contribution is 0.318. The molecule has 0 radical (unpaired) electrons. The van der Waals surface area contributed by atoms with E-state index in [2.05, 4.69) is 36.2 Å². The zero-order chi connectivity index (χ0) is 22.8. The van der Waals surface area contributed by atoms with Gasteiger partial charge in [0.2, 0.25) is 0 Å². The summed E-state index contributed by atoms with van der Waals surface area (Å²) in [6, 6.07) is 18.2. The SMILES string of the molecule is CCOc1ccc(-n2c(SCCc3ccccc3)nc3sc4c(c3c2=O)CCN(C)C4)cc1. The molecule has 0 saturated heterocycles. The molecule has 0 fully saturated rings. The molecule has 0 atom stereocenters. The zero-order valence-electron chi connectivity index (χ0n) is 18.9. The number of hydrogen-bond acceptors (Lipinski definition) is 6. The van der Waals surface area contributed by atoms with Gasteiger partial charge in [-0.05, 0) is 62.2 Å². The summed E-state index contributed by atoms with van der Waals surface area (Å²) in [7, 11) is 2.13. The van der Waals surface area contributed by atoms with Crippen molar-refractivity contribution in [3.05, 3.63) is 81.0 Å². The van der Waals surface area contributed by atoms with Gasteiger partial charge in [0, 0.05) is 23.7 Å². The summed E-state index contributed by atoms with van der Waals surface area (Å²) in [5.41, 5.74) is 3.34. The van der Waals surface area contributed by atoms with Crippen LogP contribution in [0.4, 0.5) is 0 Å². The van der Waals surface area contributed by atoms with Crippen LogP contribution in [0, 0.1) is 0 Å². The Morgan fingerprint density at radius 2 is 1.91 bits per heavy atom. The normalized spacial score (nSPS) is 13.9. The van der Waals surface area contributed by atoms with Gasteiger partial charge in [-0.3, -0.25) is 9.36 Å². The van der Waals surface area contributed by atoms with Crippen LogP contribution in [0.1, 0.15) is 22.9 Å². The number of fused-ring (bicyclic) bond motifs is 3. The Morgan fingerprint density at radius 1 is 1.12 bits per heavy atom. The summed E-state index contributed by atoms with van der Waals surface area (Å²) in [5, 5.41) is 1.55. The maximum absolute atomic E-state index is 13.9. The van der Waals surface area contributed by atoms with E-state index in [1.54, 1.807) is 27.7 Å². The number of thioether (sulfide) groups is 1. The van der Waals surface area contributed by atoms with Crippen LogP contribution in [-0.4, -0.2) is 40.4 Å². The van der Waals surface area contributed by atoms with Gasteiger partial charge in [0.1, 0.15) is 10.6 Å². The molecule has 0 amide bonds. The molecule has 0 aliphatic carbocycles. The van der Waals surface area contributed by atoms with Crippen molar-refractivity contribution in [3.8, 4) is 11.4 Å². The summed E-state index contributed by atoms with van der Waals surface area (Å²) in [6.07, 6.45) is 1.82. The Morgan fingerprint density at radius 3 is 2.67 bits per heavy atom. The van der Waals surface area contributed by atoms with E-state index in [1.165, 1.54) is 16.0 Å². The van der Waals surface area contributed by atoms with E-state index in [9.17, 15) is 4.79 Å². The van der Waals surface area contributed by atoms with Crippen molar-refractivity contribution >= 4 is 33.3 Å². The van der Waals surface area contributed by atoms with E-state index >= 15 is 0 Å². The van der Waals surface area contributed by atoms with Gasteiger partial charge < -0.3 is 9.64 Å². The number of aromatic nitrogens is 2. The van der Waals surface area contributed by atoms with Crippen molar-refractivity contribution in [1.29, 1.82) is 0 Å². The second-order valence-electron chi connectivity index (χ2n) is 8.22. The van der Waals surface area contributed by atoms with Gasteiger partial charge >= 0.3 is 0 Å². The standard InChI is InChI=1S/C26H27N3O2S2/c1-3-31-20-11-9-19(10-12-20)29-25(30)23-21-13-15-28(2)17-22(21)33-24(23)27-26(29)32-16-14-18-7-5-4-6-8-18/h4-12H,3,13-17H2,1-2H3. The second kappa shape index (κ2) is 9.71. The lowest BCUT2D eigenvalue weighted by atomic mass is 10.1. The number of benzene rings is 2. The van der Waals surface area contributed by atoms with Gasteiger partial charge in [-0.15, -0.1) is 11.3 Å². The average molecular weight is 478 g/mol. The van der Waals surface area contributed by atoms with Gasteiger partial charge in [-0.25, -0.2) is 4.98 Å². The van der Waals surface area contributed by atoms with Crippen molar-refractivity contribution in [2.75, 3.05) is 26.0 Å². The number of thiophene rings is 1. The highest BCUT2D eigenvalue weighted by atomic mass is 32.2. The molecule has 5 nitrogen and oxygen atoms in total. The molecule has 7 heteroatoms. The third-order valence-corrected chi connectivity index (χ3v) is 7.96. The Kier molecular flexibility index (Phi) is 6.53. The van der Waals surface area contributed by atoms with Crippen LogP contribution in [0.5, 0.6) is 5.75 Å². The average Bonchev–Trinajstić information content (AvgIpc) is 3.18. The number of rotatable bonds is 7. The van der Waals surface area contributed by atoms with Crippen molar-refractivity contribution in [2.24, 2.45) is 0 Å². The van der Waals surface area contributed by atoms with E-state index in [0.29, 0.717) is 6.61 Å². The van der Waals surface area contributed by atoms with Crippen LogP contribution in [0.15, 0.2) is 64.5 Å². The molecule has 1 aliphatic heterocycles. The quantitative estimate of drug-likeness (QED) is 0.272. The summed E-state index contributed by atoms with van der Waals surface area (Å²) in [5.74, 6) is 1.66. The lowest BCUT2D eigenvalue weighted by Gasteiger charge is -2.21. The first-order chi connectivity index (χ1) is 16.1. The van der Waals surface area contributed by atoms with Crippen molar-refractivity contribution in [1.82, 2.24) is 14.5 Å². The Bertz CT molecular complexity index is 1310. The molecule has 33 heavy (non-hydrogen) atoms. The highest BCUT2D eigenvalue weighted by Gasteiger charge is 2.24. The van der Waals surface area contributed by atoms with Crippen LogP contribution in [0.2, 0.25) is 0 Å². The molecule has 4 aromatic rings. The first-order valence-electron chi connectivity index (χ1n) is 11.3. The van der Waals surface area contributed by atoms with Gasteiger partial charge in [-0.1, -0.05) is 42.1 Å². The second-order valence-corrected chi connectivity index (χ2v) is 10.4. The minimum Gasteiger partial charge on any atom is -0.494 e. The summed E-state index contributed by atoms with van der Waals surface area (Å²) in [6.45, 7) is 4.43. The summed E-state index contributed by atoms with van der Waals surface area (Å²) >= 11 is 3.32. The first kappa shape index (κ1) is 22.2. The molecule has 3 heterocycles. The van der Waals surface area contributed by atoms with Gasteiger partial charge in [0.25, 0.3) is 5.56 Å². The number of hydrogen-bond donors (Lipinski definition) is 0. The predicted octanol–water partition coefficient (Wildman–Crippen LogP) is 5.17. The number of likely N-dealkylation sites (N-methyl/N-ethyl adjacent to an activating group) is 1. The van der Waals surface area contributed by atoms with Crippen molar-refractivity contribution in [2.45, 2.75) is 31.5 Å². The van der Waals surface area contributed by atoms with E-state index in [4.69, 9.17) is 9.72 Å². The molecule has 0 unspecified atom stereocenters. The fourth-order valence-electron chi connectivity index (χ4n) is 4.24. The molecule has 1 aliphatic rings. The summed E-state index contributed by atoms with van der Waals surface area (Å²) in [4.78, 5) is 23.3. The maximum Gasteiger partial charge on any atom is 0.267 e. The third kappa shape index (κ3) is 4.58. The van der Waals surface area contributed by atoms with E-state index in [1.807, 2.05) is 37.3 Å². The van der Waals surface area contributed by atoms with E-state index in [0.717, 1.165) is 58.5 Å². The van der Waals surface area contributed by atoms with Gasteiger partial charge in [0.15, 0.2) is 5.16 Å². The van der Waals surface area contributed by atoms with Crippen LogP contribution in [0.3, 0.4) is 0 Å². The molecular weight excluding hydrogens is 450 g/mol. The molecule has 5 rings (SSSR count). The smallest absolute Gasteiger partial charge is 0.267 e. The lowest BCUT2D eigenvalue weighted by Crippen LogP contribution is -2.27. The molecule has 0 spiro atoms. The van der Waals surface area contributed by atoms with Crippen LogP contribution in [-0.2, 0) is 19.4 Å². The number of nitrogens with zero attached hydrogens (tertiary/aromatic N) is 3. The summed E-state index contributed by atoms with van der Waals surface area (Å²) < 4.78 is 7.39.